The van der Waals surface area contributed by atoms with E-state index in [1.54, 1.807) is 18.2 Å². The molecule has 0 bridgehead atoms. The van der Waals surface area contributed by atoms with Crippen LogP contribution in [0.3, 0.4) is 0 Å². The lowest BCUT2D eigenvalue weighted by molar-refractivity contribution is 0.0473. The molecule has 0 saturated heterocycles. The maximum Gasteiger partial charge on any atom is 0.339 e. The molecule has 0 radical (unpaired) electrons. The number of carbonyl (C=O) groups is 2. The third kappa shape index (κ3) is 3.51. The number of hydrogen-bond acceptors (Lipinski definition) is 4. The molecule has 0 N–H and O–H groups in total. The van der Waals surface area contributed by atoms with E-state index in [0.717, 1.165) is 19.3 Å². The van der Waals surface area contributed by atoms with E-state index in [4.69, 9.17) is 9.47 Å². The average Bonchev–Trinajstić information content (AvgIpc) is 3.07. The first kappa shape index (κ1) is 16.7. The van der Waals surface area contributed by atoms with Gasteiger partial charge in [0.1, 0.15) is 5.75 Å². The van der Waals surface area contributed by atoms with Gasteiger partial charge in [-0.2, -0.15) is 0 Å². The van der Waals surface area contributed by atoms with Crippen LogP contribution in [-0.4, -0.2) is 25.5 Å². The summed E-state index contributed by atoms with van der Waals surface area (Å²) in [6.07, 6.45) is 3.21. The summed E-state index contributed by atoms with van der Waals surface area (Å²) in [5.74, 6) is -0.206. The molecular formula is C19H17BrO4. The Bertz CT molecular complexity index is 798. The summed E-state index contributed by atoms with van der Waals surface area (Å²) < 4.78 is 10.9. The molecule has 2 aromatic carbocycles. The van der Waals surface area contributed by atoms with Crippen LogP contribution in [0.5, 0.6) is 5.75 Å². The Morgan fingerprint density at radius 3 is 2.67 bits per heavy atom. The summed E-state index contributed by atoms with van der Waals surface area (Å²) in [5, 5.41) is 0. The molecule has 0 fully saturated rings. The van der Waals surface area contributed by atoms with E-state index in [-0.39, 0.29) is 12.4 Å². The normalized spacial score (nSPS) is 12.6. The van der Waals surface area contributed by atoms with Gasteiger partial charge in [0.05, 0.1) is 12.7 Å². The number of benzene rings is 2. The monoisotopic (exact) mass is 388 g/mol. The fourth-order valence-electron chi connectivity index (χ4n) is 2.83. The van der Waals surface area contributed by atoms with Crippen molar-refractivity contribution in [3.63, 3.8) is 0 Å². The highest BCUT2D eigenvalue weighted by Gasteiger charge is 2.17. The fraction of sp³-hybridized carbons (Fsp3) is 0.263. The first-order valence-corrected chi connectivity index (χ1v) is 8.53. The van der Waals surface area contributed by atoms with Crippen LogP contribution >= 0.6 is 15.9 Å². The van der Waals surface area contributed by atoms with E-state index in [1.807, 2.05) is 18.2 Å². The minimum absolute atomic E-state index is 0.197. The molecule has 0 heterocycles. The summed E-state index contributed by atoms with van der Waals surface area (Å²) in [7, 11) is 1.52. The summed E-state index contributed by atoms with van der Waals surface area (Å²) >= 11 is 3.30. The fourth-order valence-corrected chi connectivity index (χ4v) is 3.23. The van der Waals surface area contributed by atoms with Gasteiger partial charge in [0.15, 0.2) is 12.4 Å². The molecule has 1 aliphatic rings. The van der Waals surface area contributed by atoms with E-state index in [2.05, 4.69) is 15.9 Å². The summed E-state index contributed by atoms with van der Waals surface area (Å²) in [4.78, 5) is 24.5. The highest BCUT2D eigenvalue weighted by Crippen LogP contribution is 2.24. The molecule has 0 spiro atoms. The Kier molecular flexibility index (Phi) is 5.00. The van der Waals surface area contributed by atoms with Crippen LogP contribution < -0.4 is 4.74 Å². The van der Waals surface area contributed by atoms with Gasteiger partial charge in [-0.1, -0.05) is 12.1 Å². The lowest BCUT2D eigenvalue weighted by Gasteiger charge is -2.08. The molecule has 4 nitrogen and oxygen atoms in total. The minimum Gasteiger partial charge on any atom is -0.497 e. The van der Waals surface area contributed by atoms with Crippen LogP contribution in [0.25, 0.3) is 0 Å². The zero-order valence-corrected chi connectivity index (χ0v) is 14.9. The highest BCUT2D eigenvalue weighted by atomic mass is 79.9. The van der Waals surface area contributed by atoms with Gasteiger partial charge in [0.25, 0.3) is 0 Å². The molecule has 0 aromatic heterocycles. The van der Waals surface area contributed by atoms with Crippen molar-refractivity contribution in [2.24, 2.45) is 0 Å². The van der Waals surface area contributed by atoms with E-state index < -0.39 is 5.97 Å². The van der Waals surface area contributed by atoms with Crippen LogP contribution in [0.15, 0.2) is 40.9 Å². The van der Waals surface area contributed by atoms with Gasteiger partial charge in [-0.25, -0.2) is 4.79 Å². The van der Waals surface area contributed by atoms with Crippen molar-refractivity contribution in [1.82, 2.24) is 0 Å². The zero-order valence-electron chi connectivity index (χ0n) is 13.3. The molecule has 0 amide bonds. The van der Waals surface area contributed by atoms with Gasteiger partial charge in [0, 0.05) is 10.0 Å². The van der Waals surface area contributed by atoms with E-state index in [9.17, 15) is 9.59 Å². The van der Waals surface area contributed by atoms with Crippen LogP contribution in [0, 0.1) is 0 Å². The number of halogens is 1. The molecule has 0 unspecified atom stereocenters. The van der Waals surface area contributed by atoms with Crippen molar-refractivity contribution < 1.29 is 19.1 Å². The number of esters is 1. The highest BCUT2D eigenvalue weighted by molar-refractivity contribution is 9.10. The first-order valence-electron chi connectivity index (χ1n) is 7.74. The smallest absolute Gasteiger partial charge is 0.339 e. The number of rotatable bonds is 5. The number of ether oxygens (including phenoxy) is 2. The molecule has 3 rings (SSSR count). The van der Waals surface area contributed by atoms with Crippen LogP contribution in [-0.2, 0) is 17.6 Å². The van der Waals surface area contributed by atoms with E-state index in [0.29, 0.717) is 21.3 Å². The van der Waals surface area contributed by atoms with Crippen molar-refractivity contribution in [3.05, 3.63) is 63.1 Å². The van der Waals surface area contributed by atoms with Gasteiger partial charge >= 0.3 is 5.97 Å². The summed E-state index contributed by atoms with van der Waals surface area (Å²) in [5.41, 5.74) is 3.45. The number of fused-ring (bicyclic) bond motifs is 1. The third-order valence-corrected chi connectivity index (χ3v) is 4.84. The maximum atomic E-state index is 12.3. The van der Waals surface area contributed by atoms with Crippen molar-refractivity contribution in [3.8, 4) is 5.75 Å². The molecule has 124 valence electrons. The Balaban J connectivity index is 1.67. The number of methoxy groups -OCH3 is 1. The molecule has 2 aromatic rings. The van der Waals surface area contributed by atoms with Crippen molar-refractivity contribution in [2.75, 3.05) is 13.7 Å². The Labute approximate surface area is 148 Å². The second-order valence-electron chi connectivity index (χ2n) is 5.68. The summed E-state index contributed by atoms with van der Waals surface area (Å²) in [6, 6.07) is 10.7. The number of Topliss-reactive ketones (excluding diaryl/α,β-unsaturated/α-hetero) is 1. The van der Waals surface area contributed by atoms with Gasteiger partial charge in [-0.05, 0) is 70.6 Å². The molecule has 0 atom stereocenters. The topological polar surface area (TPSA) is 52.6 Å². The van der Waals surface area contributed by atoms with E-state index >= 15 is 0 Å². The predicted octanol–water partition coefficient (Wildman–Crippen LogP) is 3.99. The van der Waals surface area contributed by atoms with Crippen molar-refractivity contribution >= 4 is 27.7 Å². The predicted molar refractivity (Wildman–Crippen MR) is 93.8 cm³/mol. The second-order valence-corrected chi connectivity index (χ2v) is 6.54. The molecule has 0 saturated carbocycles. The molecular weight excluding hydrogens is 372 g/mol. The molecule has 5 heteroatoms. The number of ketones is 1. The lowest BCUT2D eigenvalue weighted by Crippen LogP contribution is -2.15. The van der Waals surface area contributed by atoms with Gasteiger partial charge in [0.2, 0.25) is 0 Å². The van der Waals surface area contributed by atoms with Crippen molar-refractivity contribution in [1.29, 1.82) is 0 Å². The minimum atomic E-state index is -0.560. The molecule has 1 aliphatic carbocycles. The second kappa shape index (κ2) is 7.18. The van der Waals surface area contributed by atoms with E-state index in [1.165, 1.54) is 18.2 Å². The standard InChI is InChI=1S/C19H17BrO4/c1-23-15-7-8-17(20)16(10-15)19(22)24-11-18(21)14-6-5-12-3-2-4-13(12)9-14/h5-10H,2-4,11H2,1H3. The van der Waals surface area contributed by atoms with Gasteiger partial charge < -0.3 is 9.47 Å². The Morgan fingerprint density at radius 2 is 1.88 bits per heavy atom. The molecule has 24 heavy (non-hydrogen) atoms. The zero-order chi connectivity index (χ0) is 17.1. The number of carbonyl (C=O) groups excluding carboxylic acids is 2. The summed E-state index contributed by atoms with van der Waals surface area (Å²) in [6.45, 7) is -0.277. The first-order chi connectivity index (χ1) is 11.6. The third-order valence-electron chi connectivity index (χ3n) is 4.15. The number of aryl methyl sites for hydroxylation is 2. The van der Waals surface area contributed by atoms with Crippen LogP contribution in [0.1, 0.15) is 38.3 Å². The van der Waals surface area contributed by atoms with Gasteiger partial charge in [-0.15, -0.1) is 0 Å². The van der Waals surface area contributed by atoms with Crippen LogP contribution in [0.2, 0.25) is 0 Å². The van der Waals surface area contributed by atoms with Crippen LogP contribution in [0.4, 0.5) is 0 Å². The van der Waals surface area contributed by atoms with Crippen molar-refractivity contribution in [2.45, 2.75) is 19.3 Å². The largest absolute Gasteiger partial charge is 0.497 e. The number of hydrogen-bond donors (Lipinski definition) is 0. The average molecular weight is 389 g/mol. The Morgan fingerprint density at radius 1 is 1.08 bits per heavy atom. The quantitative estimate of drug-likeness (QED) is 0.573. The molecule has 0 aliphatic heterocycles. The lowest BCUT2D eigenvalue weighted by atomic mass is 10.0. The van der Waals surface area contributed by atoms with Gasteiger partial charge in [-0.3, -0.25) is 4.79 Å². The Hall–Kier alpha value is -2.14. The maximum absolute atomic E-state index is 12.3. The SMILES string of the molecule is COc1ccc(Br)c(C(=O)OCC(=O)c2ccc3c(c2)CCC3)c1.